The molecule has 184 valence electrons. The zero-order chi connectivity index (χ0) is 25.5. The van der Waals surface area contributed by atoms with E-state index in [2.05, 4.69) is 28.1 Å². The van der Waals surface area contributed by atoms with Gasteiger partial charge in [0.2, 0.25) is 5.91 Å². The Bertz CT molecular complexity index is 1420. The third-order valence-corrected chi connectivity index (χ3v) is 6.44. The first-order valence-corrected chi connectivity index (χ1v) is 12.4. The molecule has 2 aromatic carbocycles. The summed E-state index contributed by atoms with van der Waals surface area (Å²) in [5.74, 6) is 0.659. The highest BCUT2D eigenvalue weighted by atomic mass is 16.2. The monoisotopic (exact) mass is 488 g/mol. The molecule has 0 radical (unpaired) electrons. The smallest absolute Gasteiger partial charge is 0.246 e. The minimum Gasteiger partial charge on any atom is -0.354 e. The molecule has 5 rings (SSSR count). The summed E-state index contributed by atoms with van der Waals surface area (Å²) in [5.41, 5.74) is 4.48. The van der Waals surface area contributed by atoms with Crippen molar-refractivity contribution in [1.82, 2.24) is 19.7 Å². The number of hydrogen-bond acceptors (Lipinski definition) is 5. The number of pyridine rings is 1. The SMILES string of the molecule is N#Cc1cccnc1N1CCCN(C(=O)/C=C/c2cn(Cc3ccccc3)nc2-c2ccccc2)CC1. The maximum atomic E-state index is 13.2. The molecule has 0 aliphatic carbocycles. The minimum atomic E-state index is -0.0294. The van der Waals surface area contributed by atoms with E-state index in [1.54, 1.807) is 24.4 Å². The van der Waals surface area contributed by atoms with Crippen LogP contribution in [-0.2, 0) is 11.3 Å². The van der Waals surface area contributed by atoms with Crippen LogP contribution < -0.4 is 4.90 Å². The van der Waals surface area contributed by atoms with E-state index in [-0.39, 0.29) is 5.91 Å². The van der Waals surface area contributed by atoms with Gasteiger partial charge < -0.3 is 9.80 Å². The first-order valence-electron chi connectivity index (χ1n) is 12.4. The first kappa shape index (κ1) is 24.0. The fourth-order valence-electron chi connectivity index (χ4n) is 4.58. The van der Waals surface area contributed by atoms with Gasteiger partial charge in [-0.2, -0.15) is 10.4 Å². The van der Waals surface area contributed by atoms with Crippen molar-refractivity contribution in [2.24, 2.45) is 0 Å². The lowest BCUT2D eigenvalue weighted by Crippen LogP contribution is -2.34. The van der Waals surface area contributed by atoms with E-state index < -0.39 is 0 Å². The molecule has 1 fully saturated rings. The highest BCUT2D eigenvalue weighted by Gasteiger charge is 2.20. The van der Waals surface area contributed by atoms with Gasteiger partial charge in [-0.05, 0) is 30.2 Å². The molecule has 3 heterocycles. The Morgan fingerprint density at radius 1 is 0.946 bits per heavy atom. The summed E-state index contributed by atoms with van der Waals surface area (Å²) in [6.07, 6.45) is 8.02. The molecule has 1 aliphatic heterocycles. The molecule has 0 saturated carbocycles. The van der Waals surface area contributed by atoms with Gasteiger partial charge in [0, 0.05) is 55.8 Å². The Labute approximate surface area is 216 Å². The summed E-state index contributed by atoms with van der Waals surface area (Å²) >= 11 is 0. The van der Waals surface area contributed by atoms with Crippen molar-refractivity contribution in [2.75, 3.05) is 31.1 Å². The van der Waals surface area contributed by atoms with Gasteiger partial charge in [0.05, 0.1) is 17.8 Å². The first-order chi connectivity index (χ1) is 18.2. The lowest BCUT2D eigenvalue weighted by atomic mass is 10.1. The molecule has 1 saturated heterocycles. The molecule has 4 aromatic rings. The van der Waals surface area contributed by atoms with Gasteiger partial charge in [0.25, 0.3) is 0 Å². The van der Waals surface area contributed by atoms with Crippen LogP contribution in [0.25, 0.3) is 17.3 Å². The summed E-state index contributed by atoms with van der Waals surface area (Å²) in [6, 6.07) is 26.0. The molecule has 1 aliphatic rings. The van der Waals surface area contributed by atoms with E-state index in [4.69, 9.17) is 5.10 Å². The molecule has 7 nitrogen and oxygen atoms in total. The van der Waals surface area contributed by atoms with Crippen LogP contribution in [0.15, 0.2) is 91.3 Å². The number of benzene rings is 2. The average Bonchev–Trinajstić information content (AvgIpc) is 3.18. The standard InChI is InChI=1S/C30H28N6O/c31-21-26-13-7-16-32-30(26)35-18-8-17-34(19-20-35)28(37)15-14-27-23-36(22-24-9-3-1-4-10-24)33-29(27)25-11-5-2-6-12-25/h1-7,9-16,23H,8,17-20,22H2/b15-14+. The summed E-state index contributed by atoms with van der Waals surface area (Å²) in [4.78, 5) is 21.5. The van der Waals surface area contributed by atoms with Gasteiger partial charge >= 0.3 is 0 Å². The number of nitriles is 1. The Balaban J connectivity index is 1.32. The molecule has 0 bridgehead atoms. The average molecular weight is 489 g/mol. The number of rotatable bonds is 6. The highest BCUT2D eigenvalue weighted by Crippen LogP contribution is 2.24. The van der Waals surface area contributed by atoms with E-state index in [1.807, 2.05) is 70.4 Å². The topological polar surface area (TPSA) is 78.0 Å². The van der Waals surface area contributed by atoms with Gasteiger partial charge in [-0.15, -0.1) is 0 Å². The van der Waals surface area contributed by atoms with Gasteiger partial charge in [-0.3, -0.25) is 9.48 Å². The van der Waals surface area contributed by atoms with Gasteiger partial charge in [-0.25, -0.2) is 4.98 Å². The number of carbonyl (C=O) groups is 1. The van der Waals surface area contributed by atoms with Crippen LogP contribution in [0.2, 0.25) is 0 Å². The van der Waals surface area contributed by atoms with Crippen LogP contribution in [-0.4, -0.2) is 51.8 Å². The number of hydrogen-bond donors (Lipinski definition) is 0. The number of aromatic nitrogens is 3. The van der Waals surface area contributed by atoms with Crippen LogP contribution in [0.3, 0.4) is 0 Å². The van der Waals surface area contributed by atoms with Crippen molar-refractivity contribution in [3.63, 3.8) is 0 Å². The van der Waals surface area contributed by atoms with E-state index in [9.17, 15) is 10.1 Å². The van der Waals surface area contributed by atoms with E-state index in [0.29, 0.717) is 37.6 Å². The maximum Gasteiger partial charge on any atom is 0.246 e. The van der Waals surface area contributed by atoms with Crippen molar-refractivity contribution in [3.05, 3.63) is 108 Å². The highest BCUT2D eigenvalue weighted by molar-refractivity contribution is 5.93. The second kappa shape index (κ2) is 11.4. The number of anilines is 1. The Morgan fingerprint density at radius 2 is 1.73 bits per heavy atom. The lowest BCUT2D eigenvalue weighted by molar-refractivity contribution is -0.125. The zero-order valence-corrected chi connectivity index (χ0v) is 20.6. The van der Waals surface area contributed by atoms with Crippen LogP contribution in [0.5, 0.6) is 0 Å². The number of carbonyl (C=O) groups excluding carboxylic acids is 1. The molecular weight excluding hydrogens is 460 g/mol. The quantitative estimate of drug-likeness (QED) is 0.370. The second-order valence-electron chi connectivity index (χ2n) is 8.97. The summed E-state index contributed by atoms with van der Waals surface area (Å²) < 4.78 is 1.92. The molecule has 0 unspecified atom stereocenters. The second-order valence-corrected chi connectivity index (χ2v) is 8.97. The van der Waals surface area contributed by atoms with Gasteiger partial charge in [0.15, 0.2) is 0 Å². The minimum absolute atomic E-state index is 0.0294. The van der Waals surface area contributed by atoms with Crippen LogP contribution in [0.1, 0.15) is 23.1 Å². The van der Waals surface area contributed by atoms with E-state index in [1.165, 1.54) is 0 Å². The molecule has 7 heteroatoms. The van der Waals surface area contributed by atoms with E-state index in [0.717, 1.165) is 35.3 Å². The molecule has 0 N–H and O–H groups in total. The van der Waals surface area contributed by atoms with E-state index >= 15 is 0 Å². The van der Waals surface area contributed by atoms with Gasteiger partial charge in [-0.1, -0.05) is 60.7 Å². The van der Waals surface area contributed by atoms with Crippen molar-refractivity contribution >= 4 is 17.8 Å². The van der Waals surface area contributed by atoms with Crippen molar-refractivity contribution < 1.29 is 4.79 Å². The number of nitrogens with zero attached hydrogens (tertiary/aromatic N) is 6. The predicted molar refractivity (Wildman–Crippen MR) is 145 cm³/mol. The molecule has 37 heavy (non-hydrogen) atoms. The van der Waals surface area contributed by atoms with Gasteiger partial charge in [0.1, 0.15) is 11.9 Å². The molecule has 2 aromatic heterocycles. The summed E-state index contributed by atoms with van der Waals surface area (Å²) in [7, 11) is 0. The maximum absolute atomic E-state index is 13.2. The summed E-state index contributed by atoms with van der Waals surface area (Å²) in [6.45, 7) is 3.28. The number of amides is 1. The molecular formula is C30H28N6O. The Morgan fingerprint density at radius 3 is 2.51 bits per heavy atom. The van der Waals surface area contributed by atoms with Crippen molar-refractivity contribution in [2.45, 2.75) is 13.0 Å². The third-order valence-electron chi connectivity index (χ3n) is 6.44. The Kier molecular flexibility index (Phi) is 7.37. The molecule has 1 amide bonds. The normalized spacial score (nSPS) is 13.9. The fraction of sp³-hybridized carbons (Fsp3) is 0.200. The predicted octanol–water partition coefficient (Wildman–Crippen LogP) is 4.62. The lowest BCUT2D eigenvalue weighted by Gasteiger charge is -2.22. The zero-order valence-electron chi connectivity index (χ0n) is 20.6. The third kappa shape index (κ3) is 5.76. The van der Waals surface area contributed by atoms with Crippen LogP contribution in [0.4, 0.5) is 5.82 Å². The van der Waals surface area contributed by atoms with Crippen LogP contribution in [0, 0.1) is 11.3 Å². The van der Waals surface area contributed by atoms with Crippen molar-refractivity contribution in [1.29, 1.82) is 5.26 Å². The Hall–Kier alpha value is -4.70. The molecule has 0 atom stereocenters. The van der Waals surface area contributed by atoms with Crippen LogP contribution >= 0.6 is 0 Å². The van der Waals surface area contributed by atoms with Crippen molar-refractivity contribution in [3.8, 4) is 17.3 Å². The molecule has 0 spiro atoms. The summed E-state index contributed by atoms with van der Waals surface area (Å²) in [5, 5.41) is 14.3. The largest absolute Gasteiger partial charge is 0.354 e. The fourth-order valence-corrected chi connectivity index (χ4v) is 4.58.